The number of rotatable bonds is 6. The average Bonchev–Trinajstić information content (AvgIpc) is 3.11. The SMILES string of the molecule is Cc1cc(C)c(NC(=O)CSc2nccn2-c2ccc([N+](=O)[O-])cc2)c(C)c1. The zero-order valence-electron chi connectivity index (χ0n) is 15.8. The summed E-state index contributed by atoms with van der Waals surface area (Å²) >= 11 is 1.31. The number of amides is 1. The van der Waals surface area contributed by atoms with Crippen molar-refractivity contribution in [1.82, 2.24) is 9.55 Å². The van der Waals surface area contributed by atoms with E-state index in [0.29, 0.717) is 5.16 Å². The van der Waals surface area contributed by atoms with E-state index in [4.69, 9.17) is 0 Å². The second-order valence-corrected chi connectivity index (χ2v) is 7.41. The fourth-order valence-corrected chi connectivity index (χ4v) is 3.78. The van der Waals surface area contributed by atoms with Crippen LogP contribution in [0, 0.1) is 30.9 Å². The topological polar surface area (TPSA) is 90.1 Å². The highest BCUT2D eigenvalue weighted by Gasteiger charge is 2.13. The first-order valence-corrected chi connectivity index (χ1v) is 9.62. The fraction of sp³-hybridized carbons (Fsp3) is 0.200. The molecule has 0 aliphatic heterocycles. The first kappa shape index (κ1) is 19.6. The summed E-state index contributed by atoms with van der Waals surface area (Å²) in [5.74, 6) is 0.0924. The lowest BCUT2D eigenvalue weighted by atomic mass is 10.1. The Kier molecular flexibility index (Phi) is 5.79. The van der Waals surface area contributed by atoms with Gasteiger partial charge < -0.3 is 5.32 Å². The van der Waals surface area contributed by atoms with E-state index in [1.807, 2.05) is 32.9 Å². The maximum Gasteiger partial charge on any atom is 0.269 e. The number of thioether (sulfide) groups is 1. The highest BCUT2D eigenvalue weighted by molar-refractivity contribution is 7.99. The molecule has 144 valence electrons. The number of aromatic nitrogens is 2. The number of nitrogens with one attached hydrogen (secondary N) is 1. The van der Waals surface area contributed by atoms with Crippen LogP contribution >= 0.6 is 11.8 Å². The highest BCUT2D eigenvalue weighted by atomic mass is 32.2. The van der Waals surface area contributed by atoms with Crippen LogP contribution in [0.25, 0.3) is 5.69 Å². The minimum Gasteiger partial charge on any atom is -0.325 e. The number of nitro benzene ring substituents is 1. The third kappa shape index (κ3) is 4.40. The molecule has 3 rings (SSSR count). The van der Waals surface area contributed by atoms with Crippen LogP contribution in [0.4, 0.5) is 11.4 Å². The second kappa shape index (κ2) is 8.26. The third-order valence-corrected chi connectivity index (χ3v) is 5.19. The molecule has 8 heteroatoms. The smallest absolute Gasteiger partial charge is 0.269 e. The Morgan fingerprint density at radius 3 is 2.43 bits per heavy atom. The van der Waals surface area contributed by atoms with E-state index in [2.05, 4.69) is 10.3 Å². The Balaban J connectivity index is 1.68. The molecule has 1 amide bonds. The molecule has 0 aliphatic carbocycles. The number of nitrogens with zero attached hydrogens (tertiary/aromatic N) is 3. The van der Waals surface area contributed by atoms with E-state index in [0.717, 1.165) is 28.1 Å². The van der Waals surface area contributed by atoms with Gasteiger partial charge in [-0.2, -0.15) is 0 Å². The lowest BCUT2D eigenvalue weighted by Crippen LogP contribution is -2.16. The summed E-state index contributed by atoms with van der Waals surface area (Å²) in [6.45, 7) is 5.98. The van der Waals surface area contributed by atoms with Crippen LogP contribution in [0.15, 0.2) is 53.9 Å². The van der Waals surface area contributed by atoms with Gasteiger partial charge in [0.2, 0.25) is 5.91 Å². The Bertz CT molecular complexity index is 1010. The number of carbonyl (C=O) groups excluding carboxylic acids is 1. The summed E-state index contributed by atoms with van der Waals surface area (Å²) in [6.07, 6.45) is 3.39. The fourth-order valence-electron chi connectivity index (χ4n) is 3.01. The van der Waals surface area contributed by atoms with Crippen molar-refractivity contribution in [3.8, 4) is 5.69 Å². The van der Waals surface area contributed by atoms with Crippen LogP contribution in [0.3, 0.4) is 0 Å². The molecule has 0 unspecified atom stereocenters. The van der Waals surface area contributed by atoms with Crippen LogP contribution in [-0.4, -0.2) is 26.1 Å². The van der Waals surface area contributed by atoms with Crippen LogP contribution in [0.1, 0.15) is 16.7 Å². The number of aryl methyl sites for hydroxylation is 3. The zero-order valence-corrected chi connectivity index (χ0v) is 16.6. The summed E-state index contributed by atoms with van der Waals surface area (Å²) in [7, 11) is 0. The average molecular weight is 396 g/mol. The molecular weight excluding hydrogens is 376 g/mol. The van der Waals surface area contributed by atoms with Gasteiger partial charge in [0.25, 0.3) is 5.69 Å². The monoisotopic (exact) mass is 396 g/mol. The van der Waals surface area contributed by atoms with Crippen molar-refractivity contribution < 1.29 is 9.72 Å². The largest absolute Gasteiger partial charge is 0.325 e. The van der Waals surface area contributed by atoms with Gasteiger partial charge in [0.1, 0.15) is 0 Å². The van der Waals surface area contributed by atoms with Crippen molar-refractivity contribution in [3.63, 3.8) is 0 Å². The van der Waals surface area contributed by atoms with Crippen molar-refractivity contribution in [3.05, 3.63) is 75.6 Å². The molecule has 28 heavy (non-hydrogen) atoms. The molecular formula is C20H20N4O3S. The molecule has 7 nitrogen and oxygen atoms in total. The molecule has 0 saturated heterocycles. The van der Waals surface area contributed by atoms with Crippen molar-refractivity contribution in [2.75, 3.05) is 11.1 Å². The van der Waals surface area contributed by atoms with Gasteiger partial charge in [-0.3, -0.25) is 19.5 Å². The van der Waals surface area contributed by atoms with Gasteiger partial charge in [-0.05, 0) is 44.0 Å². The van der Waals surface area contributed by atoms with E-state index in [1.54, 1.807) is 29.1 Å². The second-order valence-electron chi connectivity index (χ2n) is 6.46. The van der Waals surface area contributed by atoms with Crippen molar-refractivity contribution in [2.24, 2.45) is 0 Å². The predicted octanol–water partition coefficient (Wildman–Crippen LogP) is 4.44. The van der Waals surface area contributed by atoms with Crippen molar-refractivity contribution in [2.45, 2.75) is 25.9 Å². The summed E-state index contributed by atoms with van der Waals surface area (Å²) in [4.78, 5) is 27.1. The van der Waals surface area contributed by atoms with Crippen molar-refractivity contribution in [1.29, 1.82) is 0 Å². The molecule has 1 N–H and O–H groups in total. The van der Waals surface area contributed by atoms with Crippen LogP contribution < -0.4 is 5.32 Å². The quantitative estimate of drug-likeness (QED) is 0.378. The van der Waals surface area contributed by atoms with Crippen LogP contribution in [0.2, 0.25) is 0 Å². The number of carbonyl (C=O) groups is 1. The van der Waals surface area contributed by atoms with Gasteiger partial charge in [0.15, 0.2) is 5.16 Å². The molecule has 0 bridgehead atoms. The molecule has 1 aromatic heterocycles. The van der Waals surface area contributed by atoms with Gasteiger partial charge in [0.05, 0.1) is 10.7 Å². The Morgan fingerprint density at radius 1 is 1.18 bits per heavy atom. The molecule has 3 aromatic rings. The number of non-ortho nitro benzene ring substituents is 1. The summed E-state index contributed by atoms with van der Waals surface area (Å²) in [5, 5.41) is 14.4. The number of hydrogen-bond acceptors (Lipinski definition) is 5. The van der Waals surface area contributed by atoms with Gasteiger partial charge in [-0.25, -0.2) is 4.98 Å². The van der Waals surface area contributed by atoms with E-state index in [9.17, 15) is 14.9 Å². The maximum absolute atomic E-state index is 12.4. The van der Waals surface area contributed by atoms with Crippen LogP contribution in [-0.2, 0) is 4.79 Å². The Labute approximate surface area is 166 Å². The summed E-state index contributed by atoms with van der Waals surface area (Å²) in [6, 6.07) is 10.3. The van der Waals surface area contributed by atoms with Crippen molar-refractivity contribution >= 4 is 29.0 Å². The third-order valence-electron chi connectivity index (χ3n) is 4.22. The predicted molar refractivity (Wildman–Crippen MR) is 110 cm³/mol. The van der Waals surface area contributed by atoms with E-state index >= 15 is 0 Å². The first-order chi connectivity index (χ1) is 13.3. The number of nitro groups is 1. The molecule has 0 saturated carbocycles. The molecule has 1 heterocycles. The Hall–Kier alpha value is -3.13. The van der Waals surface area contributed by atoms with Gasteiger partial charge >= 0.3 is 0 Å². The molecule has 0 atom stereocenters. The minimum absolute atomic E-state index is 0.0290. The molecule has 2 aromatic carbocycles. The first-order valence-electron chi connectivity index (χ1n) is 8.64. The van der Waals surface area contributed by atoms with Gasteiger partial charge in [0, 0.05) is 35.9 Å². The Morgan fingerprint density at radius 2 is 1.82 bits per heavy atom. The van der Waals surface area contributed by atoms with Gasteiger partial charge in [-0.15, -0.1) is 0 Å². The highest BCUT2D eigenvalue weighted by Crippen LogP contribution is 2.24. The number of imidazole rings is 1. The maximum atomic E-state index is 12.4. The van der Waals surface area contributed by atoms with Crippen LogP contribution in [0.5, 0.6) is 0 Å². The molecule has 0 fully saturated rings. The molecule has 0 radical (unpaired) electrons. The van der Waals surface area contributed by atoms with E-state index < -0.39 is 4.92 Å². The van der Waals surface area contributed by atoms with E-state index in [1.165, 1.54) is 23.9 Å². The number of benzene rings is 2. The molecule has 0 aliphatic rings. The number of hydrogen-bond donors (Lipinski definition) is 1. The lowest BCUT2D eigenvalue weighted by molar-refractivity contribution is -0.384. The van der Waals surface area contributed by atoms with Gasteiger partial charge in [-0.1, -0.05) is 29.5 Å². The molecule has 0 spiro atoms. The summed E-state index contributed by atoms with van der Waals surface area (Å²) < 4.78 is 1.80. The summed E-state index contributed by atoms with van der Waals surface area (Å²) in [5.41, 5.74) is 4.84. The lowest BCUT2D eigenvalue weighted by Gasteiger charge is -2.13. The normalized spacial score (nSPS) is 10.7. The van der Waals surface area contributed by atoms with E-state index in [-0.39, 0.29) is 17.3 Å². The minimum atomic E-state index is -0.438. The zero-order chi connectivity index (χ0) is 20.3. The standard InChI is InChI=1S/C20H20N4O3S/c1-13-10-14(2)19(15(3)11-13)22-18(25)12-28-20-21-8-9-23(20)16-4-6-17(7-5-16)24(26)27/h4-11H,12H2,1-3H3,(H,22,25). The number of anilines is 1.